The monoisotopic (exact) mass is 301 g/mol. The van der Waals surface area contributed by atoms with Gasteiger partial charge in [0.15, 0.2) is 5.82 Å². The van der Waals surface area contributed by atoms with Gasteiger partial charge >= 0.3 is 0 Å². The van der Waals surface area contributed by atoms with Gasteiger partial charge in [-0.2, -0.15) is 4.68 Å². The molecule has 7 heteroatoms. The number of hydrogen-bond donors (Lipinski definition) is 1. The summed E-state index contributed by atoms with van der Waals surface area (Å²) >= 11 is 5.90. The molecule has 0 aliphatic heterocycles. The Hall–Kier alpha value is -2.60. The van der Waals surface area contributed by atoms with Crippen molar-refractivity contribution in [3.05, 3.63) is 47.5 Å². The van der Waals surface area contributed by atoms with Crippen molar-refractivity contribution < 1.29 is 4.74 Å². The highest BCUT2D eigenvalue weighted by atomic mass is 35.5. The number of hydrogen-bond acceptors (Lipinski definition) is 5. The second-order valence-electron chi connectivity index (χ2n) is 4.39. The van der Waals surface area contributed by atoms with E-state index in [9.17, 15) is 0 Å². The normalized spacial score (nSPS) is 10.6. The van der Waals surface area contributed by atoms with Gasteiger partial charge in [-0.1, -0.05) is 11.6 Å². The van der Waals surface area contributed by atoms with E-state index in [-0.39, 0.29) is 0 Å². The summed E-state index contributed by atoms with van der Waals surface area (Å²) < 4.78 is 6.84. The Morgan fingerprint density at radius 2 is 1.90 bits per heavy atom. The van der Waals surface area contributed by atoms with E-state index in [0.29, 0.717) is 22.3 Å². The predicted octanol–water partition coefficient (Wildman–Crippen LogP) is 2.57. The van der Waals surface area contributed by atoms with Gasteiger partial charge in [0, 0.05) is 22.3 Å². The molecule has 0 amide bonds. The van der Waals surface area contributed by atoms with Crippen molar-refractivity contribution in [3.63, 3.8) is 0 Å². The van der Waals surface area contributed by atoms with Crippen molar-refractivity contribution in [3.8, 4) is 22.8 Å². The lowest BCUT2D eigenvalue weighted by molar-refractivity contribution is 0.415. The minimum atomic E-state index is 0.572. The van der Waals surface area contributed by atoms with Gasteiger partial charge in [0.1, 0.15) is 5.75 Å². The molecule has 0 fully saturated rings. The Balaban J connectivity index is 2.10. The van der Waals surface area contributed by atoms with Gasteiger partial charge in [0.25, 0.3) is 0 Å². The van der Waals surface area contributed by atoms with Crippen molar-refractivity contribution >= 4 is 17.3 Å². The summed E-state index contributed by atoms with van der Waals surface area (Å²) in [6.45, 7) is 0. The van der Waals surface area contributed by atoms with Crippen LogP contribution >= 0.6 is 11.6 Å². The number of ether oxygens (including phenoxy) is 1. The molecular weight excluding hydrogens is 290 g/mol. The summed E-state index contributed by atoms with van der Waals surface area (Å²) in [5, 5.41) is 12.5. The number of nitrogens with zero attached hydrogens (tertiary/aromatic N) is 4. The number of halogens is 1. The third kappa shape index (κ3) is 2.66. The maximum atomic E-state index is 5.90. The Bertz CT molecular complexity index is 769. The van der Waals surface area contributed by atoms with Gasteiger partial charge in [-0.05, 0) is 46.8 Å². The molecular formula is C14H12ClN5O. The summed E-state index contributed by atoms with van der Waals surface area (Å²) in [4.78, 5) is 0. The predicted molar refractivity (Wildman–Crippen MR) is 80.6 cm³/mol. The topological polar surface area (TPSA) is 78.8 Å². The number of benzene rings is 2. The maximum Gasteiger partial charge on any atom is 0.187 e. The number of nitrogens with two attached hydrogens (primary N) is 1. The van der Waals surface area contributed by atoms with Crippen LogP contribution in [0.4, 0.5) is 5.69 Å². The molecule has 3 aromatic rings. The number of aromatic nitrogens is 4. The Morgan fingerprint density at radius 1 is 1.14 bits per heavy atom. The summed E-state index contributed by atoms with van der Waals surface area (Å²) in [7, 11) is 1.58. The number of nitrogen functional groups attached to an aromatic ring is 1. The number of tetrazole rings is 1. The van der Waals surface area contributed by atoms with E-state index in [4.69, 9.17) is 22.1 Å². The van der Waals surface area contributed by atoms with E-state index in [0.717, 1.165) is 11.3 Å². The lowest BCUT2D eigenvalue weighted by atomic mass is 10.1. The fraction of sp³-hybridized carbons (Fsp3) is 0.0714. The van der Waals surface area contributed by atoms with E-state index in [2.05, 4.69) is 15.5 Å². The maximum absolute atomic E-state index is 5.90. The number of rotatable bonds is 3. The molecule has 1 aromatic heterocycles. The van der Waals surface area contributed by atoms with E-state index in [1.807, 2.05) is 18.2 Å². The van der Waals surface area contributed by atoms with Crippen molar-refractivity contribution in [1.82, 2.24) is 20.2 Å². The molecule has 2 N–H and O–H groups in total. The molecule has 2 aromatic carbocycles. The van der Waals surface area contributed by atoms with Crippen LogP contribution in [-0.4, -0.2) is 27.3 Å². The SMILES string of the molecule is COc1cc(N)cc(-c2nnnn2-c2ccc(Cl)cc2)c1. The first-order valence-corrected chi connectivity index (χ1v) is 6.54. The van der Waals surface area contributed by atoms with Crippen LogP contribution in [0, 0.1) is 0 Å². The molecule has 0 bridgehead atoms. The Morgan fingerprint density at radius 3 is 2.62 bits per heavy atom. The average molecular weight is 302 g/mol. The molecule has 0 aliphatic carbocycles. The van der Waals surface area contributed by atoms with Crippen LogP contribution in [0.2, 0.25) is 5.02 Å². The average Bonchev–Trinajstić information content (AvgIpc) is 2.97. The number of methoxy groups -OCH3 is 1. The van der Waals surface area contributed by atoms with Crippen LogP contribution in [0.15, 0.2) is 42.5 Å². The standard InChI is InChI=1S/C14H12ClN5O/c1-21-13-7-9(6-11(16)8-13)14-17-18-19-20(14)12-4-2-10(15)3-5-12/h2-8H,16H2,1H3. The molecule has 3 rings (SSSR count). The van der Waals surface area contributed by atoms with Crippen LogP contribution < -0.4 is 10.5 Å². The molecule has 106 valence electrons. The summed E-state index contributed by atoms with van der Waals surface area (Å²) in [5.74, 6) is 1.22. The van der Waals surface area contributed by atoms with Crippen LogP contribution in [0.5, 0.6) is 5.75 Å². The van der Waals surface area contributed by atoms with E-state index in [1.54, 1.807) is 36.1 Å². The minimum absolute atomic E-state index is 0.572. The molecule has 0 atom stereocenters. The molecule has 0 unspecified atom stereocenters. The third-order valence-electron chi connectivity index (χ3n) is 2.96. The highest BCUT2D eigenvalue weighted by molar-refractivity contribution is 6.30. The first-order valence-electron chi connectivity index (χ1n) is 6.16. The minimum Gasteiger partial charge on any atom is -0.497 e. The van der Waals surface area contributed by atoms with E-state index >= 15 is 0 Å². The quantitative estimate of drug-likeness (QED) is 0.752. The lowest BCUT2D eigenvalue weighted by Gasteiger charge is -2.07. The zero-order chi connectivity index (χ0) is 14.8. The Kier molecular flexibility index (Phi) is 3.45. The van der Waals surface area contributed by atoms with Gasteiger partial charge in [0.05, 0.1) is 12.8 Å². The zero-order valence-corrected chi connectivity index (χ0v) is 11.9. The van der Waals surface area contributed by atoms with Gasteiger partial charge in [-0.15, -0.1) is 5.10 Å². The van der Waals surface area contributed by atoms with Gasteiger partial charge in [-0.25, -0.2) is 0 Å². The van der Waals surface area contributed by atoms with Crippen LogP contribution in [0.3, 0.4) is 0 Å². The van der Waals surface area contributed by atoms with E-state index in [1.165, 1.54) is 0 Å². The summed E-state index contributed by atoms with van der Waals surface area (Å²) in [6.07, 6.45) is 0. The molecule has 0 saturated heterocycles. The van der Waals surface area contributed by atoms with Gasteiger partial charge < -0.3 is 10.5 Å². The third-order valence-corrected chi connectivity index (χ3v) is 3.22. The van der Waals surface area contributed by atoms with E-state index < -0.39 is 0 Å². The lowest BCUT2D eigenvalue weighted by Crippen LogP contribution is -2.00. The number of anilines is 1. The Labute approximate surface area is 126 Å². The zero-order valence-electron chi connectivity index (χ0n) is 11.2. The molecule has 6 nitrogen and oxygen atoms in total. The van der Waals surface area contributed by atoms with Crippen molar-refractivity contribution in [2.75, 3.05) is 12.8 Å². The molecule has 0 radical (unpaired) electrons. The fourth-order valence-corrected chi connectivity index (χ4v) is 2.12. The molecule has 0 spiro atoms. The first kappa shape index (κ1) is 13.4. The molecule has 0 saturated carbocycles. The van der Waals surface area contributed by atoms with Crippen molar-refractivity contribution in [1.29, 1.82) is 0 Å². The smallest absolute Gasteiger partial charge is 0.187 e. The van der Waals surface area contributed by atoms with Crippen LogP contribution in [0.1, 0.15) is 0 Å². The van der Waals surface area contributed by atoms with Gasteiger partial charge in [-0.3, -0.25) is 0 Å². The van der Waals surface area contributed by atoms with Crippen LogP contribution in [0.25, 0.3) is 17.1 Å². The first-order chi connectivity index (χ1) is 10.2. The highest BCUT2D eigenvalue weighted by Gasteiger charge is 2.12. The van der Waals surface area contributed by atoms with Crippen LogP contribution in [-0.2, 0) is 0 Å². The van der Waals surface area contributed by atoms with Gasteiger partial charge in [0.2, 0.25) is 0 Å². The highest BCUT2D eigenvalue weighted by Crippen LogP contribution is 2.27. The molecule has 21 heavy (non-hydrogen) atoms. The molecule has 0 aliphatic rings. The van der Waals surface area contributed by atoms with Crippen molar-refractivity contribution in [2.24, 2.45) is 0 Å². The van der Waals surface area contributed by atoms with Crippen molar-refractivity contribution in [2.45, 2.75) is 0 Å². The summed E-state index contributed by atoms with van der Waals surface area (Å²) in [6, 6.07) is 12.6. The second kappa shape index (κ2) is 5.41. The second-order valence-corrected chi connectivity index (χ2v) is 4.82. The fourth-order valence-electron chi connectivity index (χ4n) is 1.99. The largest absolute Gasteiger partial charge is 0.497 e. The summed E-state index contributed by atoms with van der Waals surface area (Å²) in [5.41, 5.74) is 8.03. The molecule has 1 heterocycles.